The molecule has 0 saturated carbocycles. The van der Waals surface area contributed by atoms with Crippen molar-refractivity contribution in [3.8, 4) is 5.75 Å². The van der Waals surface area contributed by atoms with Crippen molar-refractivity contribution in [2.75, 3.05) is 67.8 Å². The Morgan fingerprint density at radius 3 is 2.14 bits per heavy atom. The van der Waals surface area contributed by atoms with Gasteiger partial charge < -0.3 is 24.0 Å². The third-order valence-electron chi connectivity index (χ3n) is 5.83. The van der Waals surface area contributed by atoms with E-state index in [9.17, 15) is 4.39 Å². The summed E-state index contributed by atoms with van der Waals surface area (Å²) in [6.07, 6.45) is 1.63. The number of morpholine rings is 2. The van der Waals surface area contributed by atoms with E-state index >= 15 is 0 Å². The van der Waals surface area contributed by atoms with E-state index in [1.165, 1.54) is 6.07 Å². The zero-order chi connectivity index (χ0) is 24.6. The topological polar surface area (TPSA) is 97.2 Å². The molecule has 0 aliphatic carbocycles. The highest BCUT2D eigenvalue weighted by atomic mass is 19.1. The van der Waals surface area contributed by atoms with Crippen molar-refractivity contribution in [3.63, 3.8) is 0 Å². The van der Waals surface area contributed by atoms with Crippen molar-refractivity contribution in [3.05, 3.63) is 65.5 Å². The van der Waals surface area contributed by atoms with Crippen LogP contribution in [0.3, 0.4) is 0 Å². The van der Waals surface area contributed by atoms with Crippen LogP contribution in [0, 0.1) is 5.82 Å². The van der Waals surface area contributed by atoms with Crippen molar-refractivity contribution in [1.82, 2.24) is 15.0 Å². The quantitative estimate of drug-likeness (QED) is 0.375. The molecular weight excluding hydrogens is 465 g/mol. The van der Waals surface area contributed by atoms with E-state index < -0.39 is 0 Å². The van der Waals surface area contributed by atoms with Gasteiger partial charge >= 0.3 is 0 Å². The summed E-state index contributed by atoms with van der Waals surface area (Å²) in [7, 11) is 0. The average Bonchev–Trinajstić information content (AvgIpc) is 2.94. The van der Waals surface area contributed by atoms with E-state index in [1.807, 2.05) is 24.3 Å². The molecule has 5 rings (SSSR count). The third kappa shape index (κ3) is 6.04. The molecule has 2 aliphatic rings. The van der Waals surface area contributed by atoms with E-state index in [1.54, 1.807) is 24.4 Å². The predicted molar refractivity (Wildman–Crippen MR) is 134 cm³/mol. The average molecular weight is 494 g/mol. The maximum Gasteiger partial charge on any atom is 0.250 e. The summed E-state index contributed by atoms with van der Waals surface area (Å²) in [5.74, 6) is 1.80. The Morgan fingerprint density at radius 2 is 1.47 bits per heavy atom. The number of nitrogens with one attached hydrogen (secondary N) is 1. The lowest BCUT2D eigenvalue weighted by Crippen LogP contribution is -2.40. The lowest BCUT2D eigenvalue weighted by molar-refractivity contribution is 0.121. The molecule has 2 aliphatic heterocycles. The Morgan fingerprint density at radius 1 is 0.861 bits per heavy atom. The maximum absolute atomic E-state index is 14.0. The van der Waals surface area contributed by atoms with Crippen LogP contribution in [0.25, 0.3) is 0 Å². The van der Waals surface area contributed by atoms with Crippen LogP contribution in [-0.4, -0.2) is 73.8 Å². The Labute approximate surface area is 208 Å². The van der Waals surface area contributed by atoms with Crippen LogP contribution in [0.1, 0.15) is 11.1 Å². The van der Waals surface area contributed by atoms with Gasteiger partial charge in [0.1, 0.15) is 18.2 Å². The molecule has 2 fully saturated rings. The smallest absolute Gasteiger partial charge is 0.250 e. The van der Waals surface area contributed by atoms with Gasteiger partial charge in [-0.3, -0.25) is 0 Å². The largest absolute Gasteiger partial charge is 0.488 e. The first-order valence-corrected chi connectivity index (χ1v) is 11.9. The van der Waals surface area contributed by atoms with Crippen LogP contribution in [0.2, 0.25) is 0 Å². The number of para-hydroxylation sites is 1. The van der Waals surface area contributed by atoms with Crippen LogP contribution < -0.4 is 20.0 Å². The number of hydrogen-bond donors (Lipinski definition) is 1. The number of hydrogen-bond acceptors (Lipinski definition) is 10. The minimum atomic E-state index is -0.299. The van der Waals surface area contributed by atoms with E-state index in [0.717, 1.165) is 5.56 Å². The fraction of sp³-hybridized carbons (Fsp3) is 0.360. The van der Waals surface area contributed by atoms with Crippen molar-refractivity contribution in [2.24, 2.45) is 5.10 Å². The monoisotopic (exact) mass is 493 g/mol. The molecule has 0 bridgehead atoms. The van der Waals surface area contributed by atoms with Crippen molar-refractivity contribution in [1.29, 1.82) is 0 Å². The number of halogens is 1. The van der Waals surface area contributed by atoms with Gasteiger partial charge in [-0.05, 0) is 18.2 Å². The van der Waals surface area contributed by atoms with Gasteiger partial charge in [-0.15, -0.1) is 0 Å². The molecular formula is C25H28FN7O3. The van der Waals surface area contributed by atoms with Gasteiger partial charge in [0.15, 0.2) is 0 Å². The number of hydrazone groups is 1. The van der Waals surface area contributed by atoms with Crippen molar-refractivity contribution < 1.29 is 18.6 Å². The van der Waals surface area contributed by atoms with Crippen LogP contribution in [0.5, 0.6) is 5.75 Å². The number of ether oxygens (including phenoxy) is 3. The highest BCUT2D eigenvalue weighted by Gasteiger charge is 2.20. The Hall–Kier alpha value is -3.83. The van der Waals surface area contributed by atoms with Crippen LogP contribution in [-0.2, 0) is 16.1 Å². The number of rotatable bonds is 8. The molecule has 11 heteroatoms. The molecule has 36 heavy (non-hydrogen) atoms. The molecule has 0 unspecified atom stereocenters. The molecule has 0 atom stereocenters. The summed E-state index contributed by atoms with van der Waals surface area (Å²) >= 11 is 0. The van der Waals surface area contributed by atoms with Crippen molar-refractivity contribution >= 4 is 24.1 Å². The lowest BCUT2D eigenvalue weighted by atomic mass is 10.2. The van der Waals surface area contributed by atoms with Gasteiger partial charge in [-0.1, -0.05) is 30.3 Å². The summed E-state index contributed by atoms with van der Waals surface area (Å²) in [6, 6.07) is 14.0. The highest BCUT2D eigenvalue weighted by molar-refractivity contribution is 5.83. The first-order valence-electron chi connectivity index (χ1n) is 11.9. The van der Waals surface area contributed by atoms with E-state index in [-0.39, 0.29) is 12.4 Å². The van der Waals surface area contributed by atoms with Gasteiger partial charge in [-0.2, -0.15) is 20.1 Å². The molecule has 1 aromatic heterocycles. The molecule has 2 saturated heterocycles. The molecule has 0 radical (unpaired) electrons. The molecule has 3 heterocycles. The van der Waals surface area contributed by atoms with E-state index in [0.29, 0.717) is 81.8 Å². The van der Waals surface area contributed by atoms with Gasteiger partial charge in [0.25, 0.3) is 0 Å². The summed E-state index contributed by atoms with van der Waals surface area (Å²) in [6.45, 7) is 5.47. The number of aromatic nitrogens is 3. The van der Waals surface area contributed by atoms with Crippen LogP contribution in [0.15, 0.2) is 53.6 Å². The number of nitrogens with zero attached hydrogens (tertiary/aromatic N) is 6. The summed E-state index contributed by atoms with van der Waals surface area (Å²) in [4.78, 5) is 18.0. The summed E-state index contributed by atoms with van der Waals surface area (Å²) in [5.41, 5.74) is 4.16. The molecule has 10 nitrogen and oxygen atoms in total. The second-order valence-corrected chi connectivity index (χ2v) is 8.25. The third-order valence-corrected chi connectivity index (χ3v) is 5.83. The first kappa shape index (κ1) is 23.9. The van der Waals surface area contributed by atoms with Crippen LogP contribution >= 0.6 is 0 Å². The maximum atomic E-state index is 14.0. The van der Waals surface area contributed by atoms with Gasteiger partial charge in [0, 0.05) is 37.3 Å². The number of anilines is 3. The molecule has 188 valence electrons. The fourth-order valence-corrected chi connectivity index (χ4v) is 3.86. The standard InChI is InChI=1S/C25H28FN7O3/c26-21-7-3-1-6-20(21)18-36-22-8-4-2-5-19(22)17-27-31-23-28-24(32-9-13-34-14-10-32)30-25(29-23)33-11-15-35-16-12-33/h1-8,17H,9-16,18H2,(H,28,29,30,31)/b27-17-. The van der Waals surface area contributed by atoms with Gasteiger partial charge in [0.2, 0.25) is 17.8 Å². The normalized spacial score (nSPS) is 16.4. The zero-order valence-electron chi connectivity index (χ0n) is 19.8. The second kappa shape index (κ2) is 11.7. The molecule has 2 aromatic carbocycles. The molecule has 1 N–H and O–H groups in total. The van der Waals surface area contributed by atoms with Gasteiger partial charge in [0.05, 0.1) is 32.6 Å². The SMILES string of the molecule is Fc1ccccc1COc1ccccc1/C=N\Nc1nc(N2CCOCC2)nc(N2CCOCC2)n1. The van der Waals surface area contributed by atoms with Crippen molar-refractivity contribution in [2.45, 2.75) is 6.61 Å². The minimum absolute atomic E-state index is 0.115. The van der Waals surface area contributed by atoms with Crippen LogP contribution in [0.4, 0.5) is 22.2 Å². The number of benzene rings is 2. The van der Waals surface area contributed by atoms with Gasteiger partial charge in [-0.25, -0.2) is 9.82 Å². The molecule has 0 spiro atoms. The summed E-state index contributed by atoms with van der Waals surface area (Å²) < 4.78 is 30.8. The molecule has 3 aromatic rings. The highest BCUT2D eigenvalue weighted by Crippen LogP contribution is 2.20. The zero-order valence-corrected chi connectivity index (χ0v) is 19.8. The Kier molecular flexibility index (Phi) is 7.79. The predicted octanol–water partition coefficient (Wildman–Crippen LogP) is 2.71. The molecule has 0 amide bonds. The Bertz CT molecular complexity index is 1150. The summed E-state index contributed by atoms with van der Waals surface area (Å²) in [5, 5.41) is 4.35. The van der Waals surface area contributed by atoms with E-state index in [4.69, 9.17) is 19.2 Å². The first-order chi connectivity index (χ1) is 17.8. The van der Waals surface area contributed by atoms with E-state index in [2.05, 4.69) is 30.3 Å². The fourth-order valence-electron chi connectivity index (χ4n) is 3.86. The lowest BCUT2D eigenvalue weighted by Gasteiger charge is -2.30. The minimum Gasteiger partial charge on any atom is -0.488 e. The second-order valence-electron chi connectivity index (χ2n) is 8.25. The Balaban J connectivity index is 1.32.